The Labute approximate surface area is 126 Å². The average Bonchev–Trinajstić information content (AvgIpc) is 2.84. The molecule has 2 aromatic rings. The molecule has 0 saturated carbocycles. The fourth-order valence-electron chi connectivity index (χ4n) is 1.86. The van der Waals surface area contributed by atoms with Crippen LogP contribution >= 0.6 is 0 Å². The first-order chi connectivity index (χ1) is 10.6. The van der Waals surface area contributed by atoms with E-state index in [1.807, 2.05) is 0 Å². The van der Waals surface area contributed by atoms with Gasteiger partial charge in [-0.25, -0.2) is 0 Å². The van der Waals surface area contributed by atoms with Crippen LogP contribution in [0.25, 0.3) is 0 Å². The Hall–Kier alpha value is -2.17. The van der Waals surface area contributed by atoms with E-state index in [4.69, 9.17) is 5.73 Å². The number of tetrazole rings is 1. The maximum Gasteiger partial charge on any atom is 0.416 e. The van der Waals surface area contributed by atoms with Crippen molar-refractivity contribution in [3.05, 3.63) is 40.7 Å². The minimum atomic E-state index is -4.89. The number of benzene rings is 1. The maximum absolute atomic E-state index is 12.8. The Morgan fingerprint density at radius 3 is 2.00 bits per heavy atom. The Morgan fingerprint density at radius 1 is 0.957 bits per heavy atom. The van der Waals surface area contributed by atoms with E-state index in [1.54, 1.807) is 0 Å². The lowest BCUT2D eigenvalue weighted by Crippen LogP contribution is -2.13. The fourth-order valence-corrected chi connectivity index (χ4v) is 1.86. The zero-order chi connectivity index (χ0) is 17.3. The summed E-state index contributed by atoms with van der Waals surface area (Å²) >= 11 is 0. The third kappa shape index (κ3) is 4.41. The third-order valence-electron chi connectivity index (χ3n) is 2.83. The molecule has 0 saturated heterocycles. The maximum atomic E-state index is 12.8. The van der Waals surface area contributed by atoms with Crippen LogP contribution in [0.3, 0.4) is 0 Å². The van der Waals surface area contributed by atoms with Gasteiger partial charge in [-0.05, 0) is 29.0 Å². The highest BCUT2D eigenvalue weighted by Gasteiger charge is 2.36. The van der Waals surface area contributed by atoms with Crippen LogP contribution in [0.5, 0.6) is 0 Å². The van der Waals surface area contributed by atoms with Crippen LogP contribution in [0.15, 0.2) is 18.2 Å². The van der Waals surface area contributed by atoms with E-state index in [-0.39, 0.29) is 37.0 Å². The second-order valence-corrected chi connectivity index (χ2v) is 4.68. The zero-order valence-corrected chi connectivity index (χ0v) is 11.5. The van der Waals surface area contributed by atoms with Crippen molar-refractivity contribution >= 4 is 0 Å². The van der Waals surface area contributed by atoms with Gasteiger partial charge in [-0.15, -0.1) is 10.2 Å². The van der Waals surface area contributed by atoms with Crippen LogP contribution < -0.4 is 5.73 Å². The summed E-state index contributed by atoms with van der Waals surface area (Å²) in [5.74, 6) is 0.00546. The highest BCUT2D eigenvalue weighted by atomic mass is 19.4. The summed E-state index contributed by atoms with van der Waals surface area (Å²) in [6.45, 7) is 0.459. The number of nitrogens with two attached hydrogens (primary N) is 1. The molecule has 1 aromatic heterocycles. The third-order valence-corrected chi connectivity index (χ3v) is 2.83. The molecule has 0 aliphatic carbocycles. The molecule has 1 aromatic carbocycles. The highest BCUT2D eigenvalue weighted by molar-refractivity contribution is 5.34. The molecule has 0 radical (unpaired) electrons. The summed E-state index contributed by atoms with van der Waals surface area (Å²) in [6.07, 6.45) is -10.1. The molecule has 0 aliphatic rings. The van der Waals surface area contributed by atoms with E-state index in [9.17, 15) is 26.3 Å². The van der Waals surface area contributed by atoms with Gasteiger partial charge in [0.15, 0.2) is 5.82 Å². The van der Waals surface area contributed by atoms with Gasteiger partial charge in [0.1, 0.15) is 0 Å². The number of hydrogen-bond donors (Lipinski definition) is 1. The van der Waals surface area contributed by atoms with Crippen LogP contribution in [0.4, 0.5) is 26.3 Å². The summed E-state index contributed by atoms with van der Waals surface area (Å²) in [6, 6.07) is 1.35. The minimum absolute atomic E-state index is 0.00546. The molecule has 0 amide bonds. The van der Waals surface area contributed by atoms with Crippen molar-refractivity contribution in [2.45, 2.75) is 25.3 Å². The topological polar surface area (TPSA) is 69.6 Å². The Bertz CT molecular complexity index is 643. The normalized spacial score (nSPS) is 12.7. The molecule has 0 aliphatic heterocycles. The van der Waals surface area contributed by atoms with E-state index in [0.717, 1.165) is 4.80 Å². The quantitative estimate of drug-likeness (QED) is 0.868. The van der Waals surface area contributed by atoms with Gasteiger partial charge < -0.3 is 5.73 Å². The van der Waals surface area contributed by atoms with Crippen LogP contribution in [0.1, 0.15) is 22.5 Å². The minimum Gasteiger partial charge on any atom is -0.329 e. The molecular formula is C12H11F6N5. The first kappa shape index (κ1) is 17.2. The van der Waals surface area contributed by atoms with E-state index < -0.39 is 23.5 Å². The second kappa shape index (κ2) is 6.14. The number of rotatable bonds is 4. The average molecular weight is 339 g/mol. The van der Waals surface area contributed by atoms with Crippen molar-refractivity contribution in [2.75, 3.05) is 6.54 Å². The lowest BCUT2D eigenvalue weighted by Gasteiger charge is -2.13. The summed E-state index contributed by atoms with van der Waals surface area (Å²) < 4.78 is 76.5. The molecule has 2 N–H and O–H groups in total. The van der Waals surface area contributed by atoms with Crippen molar-refractivity contribution in [1.82, 2.24) is 20.2 Å². The summed E-state index contributed by atoms with van der Waals surface area (Å²) in [4.78, 5) is 1.12. The van der Waals surface area contributed by atoms with E-state index >= 15 is 0 Å². The van der Waals surface area contributed by atoms with E-state index in [0.29, 0.717) is 12.1 Å². The molecule has 0 fully saturated rings. The molecule has 11 heteroatoms. The summed E-state index contributed by atoms with van der Waals surface area (Å²) in [5.41, 5.74) is 2.31. The smallest absolute Gasteiger partial charge is 0.329 e. The highest BCUT2D eigenvalue weighted by Crippen LogP contribution is 2.36. The molecule has 2 rings (SSSR count). The molecule has 126 valence electrons. The SMILES string of the molecule is NCCn1nnc(Cc2cc(C(F)(F)F)cc(C(F)(F)F)c2)n1. The monoisotopic (exact) mass is 339 g/mol. The Kier molecular flexibility index (Phi) is 4.59. The first-order valence-electron chi connectivity index (χ1n) is 6.34. The van der Waals surface area contributed by atoms with Gasteiger partial charge in [0.05, 0.1) is 17.7 Å². The van der Waals surface area contributed by atoms with Gasteiger partial charge in [-0.2, -0.15) is 31.1 Å². The molecule has 0 unspecified atom stereocenters. The summed E-state index contributed by atoms with van der Waals surface area (Å²) in [5, 5.41) is 11.0. The fraction of sp³-hybridized carbons (Fsp3) is 0.417. The number of halogens is 6. The largest absolute Gasteiger partial charge is 0.416 e. The number of hydrogen-bond acceptors (Lipinski definition) is 4. The lowest BCUT2D eigenvalue weighted by atomic mass is 10.0. The number of nitrogens with zero attached hydrogens (tertiary/aromatic N) is 4. The van der Waals surface area contributed by atoms with Crippen molar-refractivity contribution in [1.29, 1.82) is 0 Å². The standard InChI is InChI=1S/C12H11F6N5/c13-11(14,15)8-3-7(4-9(6-8)12(16,17)18)5-10-20-22-23(21-10)2-1-19/h3-4,6H,1-2,5,19H2. The molecule has 5 nitrogen and oxygen atoms in total. The summed E-state index contributed by atoms with van der Waals surface area (Å²) in [7, 11) is 0. The van der Waals surface area contributed by atoms with Gasteiger partial charge in [-0.3, -0.25) is 0 Å². The molecule has 23 heavy (non-hydrogen) atoms. The molecular weight excluding hydrogens is 328 g/mol. The molecule has 0 spiro atoms. The van der Waals surface area contributed by atoms with Gasteiger partial charge >= 0.3 is 12.4 Å². The zero-order valence-electron chi connectivity index (χ0n) is 11.5. The number of aromatic nitrogens is 4. The predicted octanol–water partition coefficient (Wildman–Crippen LogP) is 2.26. The van der Waals surface area contributed by atoms with Gasteiger partial charge in [0.2, 0.25) is 0 Å². The second-order valence-electron chi connectivity index (χ2n) is 4.68. The molecule has 0 bridgehead atoms. The van der Waals surface area contributed by atoms with Crippen molar-refractivity contribution < 1.29 is 26.3 Å². The van der Waals surface area contributed by atoms with Crippen LogP contribution in [0, 0.1) is 0 Å². The van der Waals surface area contributed by atoms with Crippen LogP contribution in [-0.4, -0.2) is 26.8 Å². The van der Waals surface area contributed by atoms with Gasteiger partial charge in [0.25, 0.3) is 0 Å². The van der Waals surface area contributed by atoms with Crippen molar-refractivity contribution in [3.8, 4) is 0 Å². The van der Waals surface area contributed by atoms with E-state index in [2.05, 4.69) is 15.4 Å². The van der Waals surface area contributed by atoms with Crippen LogP contribution in [-0.2, 0) is 25.3 Å². The van der Waals surface area contributed by atoms with Gasteiger partial charge in [-0.1, -0.05) is 0 Å². The van der Waals surface area contributed by atoms with E-state index in [1.165, 1.54) is 0 Å². The Balaban J connectivity index is 2.36. The first-order valence-corrected chi connectivity index (χ1v) is 6.34. The molecule has 0 atom stereocenters. The predicted molar refractivity (Wildman–Crippen MR) is 66.1 cm³/mol. The molecule has 1 heterocycles. The van der Waals surface area contributed by atoms with Crippen molar-refractivity contribution in [3.63, 3.8) is 0 Å². The van der Waals surface area contributed by atoms with Crippen LogP contribution in [0.2, 0.25) is 0 Å². The van der Waals surface area contributed by atoms with Gasteiger partial charge in [0, 0.05) is 13.0 Å². The Morgan fingerprint density at radius 2 is 1.52 bits per heavy atom. The van der Waals surface area contributed by atoms with Crippen molar-refractivity contribution in [2.24, 2.45) is 5.73 Å². The number of alkyl halides is 6. The lowest BCUT2D eigenvalue weighted by molar-refractivity contribution is -0.143.